The molecule has 2 aromatic heterocycles. The molecule has 3 aliphatic carbocycles. The molecule has 3 heterocycles. The number of esters is 1. The van der Waals surface area contributed by atoms with E-state index in [4.69, 9.17) is 9.47 Å². The van der Waals surface area contributed by atoms with Crippen LogP contribution in [0, 0.1) is 10.8 Å². The Labute approximate surface area is 219 Å². The molecular weight excluding hydrogens is 486 g/mol. The van der Waals surface area contributed by atoms with Gasteiger partial charge in [0.15, 0.2) is 11.5 Å². The molecule has 2 bridgehead atoms. The van der Waals surface area contributed by atoms with E-state index in [1.807, 2.05) is 24.4 Å². The average Bonchev–Trinajstić information content (AvgIpc) is 3.38. The molecule has 10 nitrogen and oxygen atoms in total. The lowest BCUT2D eigenvalue weighted by atomic mass is 9.53. The third kappa shape index (κ3) is 4.27. The van der Waals surface area contributed by atoms with Crippen LogP contribution in [0.1, 0.15) is 60.1 Å². The highest BCUT2D eigenvalue weighted by Gasteiger charge is 2.52. The zero-order valence-corrected chi connectivity index (χ0v) is 21.4. The Hall–Kier alpha value is -3.95. The molecule has 3 fully saturated rings. The Bertz CT molecular complexity index is 1410. The Kier molecular flexibility index (Phi) is 6.04. The molecule has 1 amide bonds. The largest absolute Gasteiger partial charge is 0.486 e. The fraction of sp³-hybridized carbons (Fsp3) is 0.464. The highest BCUT2D eigenvalue weighted by Crippen LogP contribution is 2.57. The van der Waals surface area contributed by atoms with E-state index in [9.17, 15) is 14.4 Å². The number of Topliss-reactive ketones (excluding diaryl/α,β-unsaturated/α-hetero) is 1. The van der Waals surface area contributed by atoms with Gasteiger partial charge in [-0.3, -0.25) is 14.4 Å². The molecule has 10 heteroatoms. The van der Waals surface area contributed by atoms with E-state index < -0.39 is 0 Å². The van der Waals surface area contributed by atoms with Gasteiger partial charge in [0, 0.05) is 31.3 Å². The number of nitrogens with one attached hydrogen (secondary N) is 3. The van der Waals surface area contributed by atoms with Crippen molar-refractivity contribution in [2.45, 2.75) is 51.5 Å². The summed E-state index contributed by atoms with van der Waals surface area (Å²) in [7, 11) is 1.48. The number of hydrogen-bond donors (Lipinski definition) is 3. The smallest absolute Gasteiger partial charge is 0.311 e. The molecule has 0 spiro atoms. The summed E-state index contributed by atoms with van der Waals surface area (Å²) < 4.78 is 10.5. The van der Waals surface area contributed by atoms with Gasteiger partial charge in [0.2, 0.25) is 0 Å². The average molecular weight is 518 g/mol. The lowest BCUT2D eigenvalue weighted by Gasteiger charge is -2.51. The van der Waals surface area contributed by atoms with Gasteiger partial charge in [0.1, 0.15) is 24.2 Å². The van der Waals surface area contributed by atoms with Gasteiger partial charge in [-0.2, -0.15) is 0 Å². The molecular formula is C28H31N5O5. The van der Waals surface area contributed by atoms with Crippen LogP contribution >= 0.6 is 0 Å². The van der Waals surface area contributed by atoms with E-state index in [-0.39, 0.29) is 40.8 Å². The van der Waals surface area contributed by atoms with E-state index >= 15 is 0 Å². The number of fused-ring (bicyclic) bond motifs is 5. The number of nitrogens with zero attached hydrogens (tertiary/aromatic N) is 2. The van der Waals surface area contributed by atoms with Gasteiger partial charge < -0.3 is 25.1 Å². The molecule has 3 N–H and O–H groups in total. The second-order valence-electron chi connectivity index (χ2n) is 10.9. The fourth-order valence-corrected chi connectivity index (χ4v) is 6.29. The number of benzene rings is 1. The van der Waals surface area contributed by atoms with Crippen LogP contribution in [0.3, 0.4) is 0 Å². The van der Waals surface area contributed by atoms with Gasteiger partial charge >= 0.3 is 5.97 Å². The lowest BCUT2D eigenvalue weighted by Crippen LogP contribution is -2.48. The van der Waals surface area contributed by atoms with Gasteiger partial charge in [0.05, 0.1) is 23.7 Å². The van der Waals surface area contributed by atoms with Crippen molar-refractivity contribution >= 4 is 34.4 Å². The maximum atomic E-state index is 13.0. The highest BCUT2D eigenvalue weighted by molar-refractivity contribution is 6.05. The van der Waals surface area contributed by atoms with Crippen molar-refractivity contribution in [3.05, 3.63) is 47.5 Å². The quantitative estimate of drug-likeness (QED) is 0.406. The van der Waals surface area contributed by atoms with E-state index in [2.05, 4.69) is 25.6 Å². The summed E-state index contributed by atoms with van der Waals surface area (Å²) in [6.45, 7) is 1.19. The molecule has 1 aromatic carbocycles. The van der Waals surface area contributed by atoms with Crippen molar-refractivity contribution in [1.82, 2.24) is 20.3 Å². The predicted molar refractivity (Wildman–Crippen MR) is 139 cm³/mol. The van der Waals surface area contributed by atoms with Gasteiger partial charge in [-0.05, 0) is 61.6 Å². The summed E-state index contributed by atoms with van der Waals surface area (Å²) in [4.78, 5) is 48.9. The van der Waals surface area contributed by atoms with Crippen molar-refractivity contribution < 1.29 is 23.9 Å². The molecule has 0 radical (unpaired) electrons. The molecule has 0 saturated heterocycles. The second-order valence-corrected chi connectivity index (χ2v) is 10.9. The first-order chi connectivity index (χ1) is 18.4. The molecule has 4 aliphatic rings. The van der Waals surface area contributed by atoms with Crippen molar-refractivity contribution in [2.75, 3.05) is 25.6 Å². The summed E-state index contributed by atoms with van der Waals surface area (Å²) in [5.41, 5.74) is 3.92. The predicted octanol–water partition coefficient (Wildman–Crippen LogP) is 3.32. The number of anilines is 1. The number of aromatic nitrogens is 3. The number of hydrogen-bond acceptors (Lipinski definition) is 8. The van der Waals surface area contributed by atoms with Crippen LogP contribution in [-0.4, -0.2) is 52.9 Å². The molecule has 198 valence electrons. The molecule has 7 rings (SSSR count). The highest BCUT2D eigenvalue weighted by atomic mass is 16.5. The Morgan fingerprint density at radius 1 is 1.13 bits per heavy atom. The number of amides is 1. The van der Waals surface area contributed by atoms with Crippen LogP contribution in [0.2, 0.25) is 0 Å². The Balaban J connectivity index is 1.11. The van der Waals surface area contributed by atoms with Crippen molar-refractivity contribution in [1.29, 1.82) is 0 Å². The SMILES string of the molecule is COC(=O)C12CCC(CNc3c[nH]c4c(C(=O)NCc5ccc6c(c5)CC(=O)CO6)ncnc34)(CC1)CC2. The number of rotatable bonds is 7. The maximum absolute atomic E-state index is 13.0. The second kappa shape index (κ2) is 9.41. The number of ether oxygens (including phenoxy) is 2. The van der Waals surface area contributed by atoms with Gasteiger partial charge in [-0.25, -0.2) is 9.97 Å². The van der Waals surface area contributed by atoms with Crippen molar-refractivity contribution in [3.8, 4) is 5.75 Å². The first-order valence-electron chi connectivity index (χ1n) is 13.1. The van der Waals surface area contributed by atoms with E-state index in [1.165, 1.54) is 13.4 Å². The Morgan fingerprint density at radius 3 is 2.68 bits per heavy atom. The molecule has 3 saturated carbocycles. The van der Waals surface area contributed by atoms with Crippen LogP contribution in [0.5, 0.6) is 5.75 Å². The number of methoxy groups -OCH3 is 1. The standard InChI is InChI=1S/C28H31N5O5/c1-37-26(36)28-7-4-27(5-8-28,6-9-28)15-31-20-13-29-23-22(20)32-16-33-24(23)25(35)30-12-17-2-3-21-18(10-17)11-19(34)14-38-21/h2-3,10,13,16,29,31H,4-9,11-12,14-15H2,1H3,(H,30,35). The molecule has 38 heavy (non-hydrogen) atoms. The summed E-state index contributed by atoms with van der Waals surface area (Å²) in [6, 6.07) is 5.61. The van der Waals surface area contributed by atoms with E-state index in [0.717, 1.165) is 61.9 Å². The molecule has 3 aromatic rings. The lowest BCUT2D eigenvalue weighted by molar-refractivity contribution is -0.162. The van der Waals surface area contributed by atoms with Crippen LogP contribution in [-0.2, 0) is 27.3 Å². The van der Waals surface area contributed by atoms with Gasteiger partial charge in [-0.1, -0.05) is 6.07 Å². The zero-order chi connectivity index (χ0) is 26.3. The van der Waals surface area contributed by atoms with Crippen LogP contribution in [0.15, 0.2) is 30.7 Å². The zero-order valence-electron chi connectivity index (χ0n) is 21.4. The topological polar surface area (TPSA) is 135 Å². The van der Waals surface area contributed by atoms with E-state index in [0.29, 0.717) is 29.7 Å². The van der Waals surface area contributed by atoms with Crippen LogP contribution in [0.4, 0.5) is 5.69 Å². The minimum absolute atomic E-state index is 0.0408. The third-order valence-corrected chi connectivity index (χ3v) is 8.71. The number of carbonyl (C=O) groups excluding carboxylic acids is 3. The summed E-state index contributed by atoms with van der Waals surface area (Å²) in [6.07, 6.45) is 9.16. The summed E-state index contributed by atoms with van der Waals surface area (Å²) >= 11 is 0. The van der Waals surface area contributed by atoms with Gasteiger partial charge in [0.25, 0.3) is 5.91 Å². The van der Waals surface area contributed by atoms with Crippen molar-refractivity contribution in [2.24, 2.45) is 10.8 Å². The first kappa shape index (κ1) is 24.4. The summed E-state index contributed by atoms with van der Waals surface area (Å²) in [5.74, 6) is 0.383. The number of ketones is 1. The molecule has 1 aliphatic heterocycles. The van der Waals surface area contributed by atoms with Gasteiger partial charge in [-0.15, -0.1) is 0 Å². The summed E-state index contributed by atoms with van der Waals surface area (Å²) in [5, 5.41) is 6.48. The first-order valence-corrected chi connectivity index (χ1v) is 13.1. The maximum Gasteiger partial charge on any atom is 0.311 e. The minimum atomic E-state index is -0.312. The number of H-pyrrole nitrogens is 1. The van der Waals surface area contributed by atoms with Crippen LogP contribution in [0.25, 0.3) is 11.0 Å². The fourth-order valence-electron chi connectivity index (χ4n) is 6.29. The number of aromatic amines is 1. The minimum Gasteiger partial charge on any atom is -0.486 e. The number of carbonyl (C=O) groups is 3. The Morgan fingerprint density at radius 2 is 1.92 bits per heavy atom. The van der Waals surface area contributed by atoms with Crippen molar-refractivity contribution in [3.63, 3.8) is 0 Å². The monoisotopic (exact) mass is 517 g/mol. The normalized spacial score (nSPS) is 24.0. The third-order valence-electron chi connectivity index (χ3n) is 8.71. The van der Waals surface area contributed by atoms with Crippen LogP contribution < -0.4 is 15.4 Å². The molecule has 0 atom stereocenters. The molecule has 0 unspecified atom stereocenters. The van der Waals surface area contributed by atoms with E-state index in [1.54, 1.807) is 0 Å².